The van der Waals surface area contributed by atoms with Crippen LogP contribution < -0.4 is 10.6 Å². The molecule has 0 unspecified atom stereocenters. The summed E-state index contributed by atoms with van der Waals surface area (Å²) >= 11 is 6.95. The van der Waals surface area contributed by atoms with Crippen LogP contribution in [0.5, 0.6) is 0 Å². The highest BCUT2D eigenvalue weighted by Gasteiger charge is 2.23. The number of halogens is 1. The lowest BCUT2D eigenvalue weighted by Crippen LogP contribution is -2.29. The Balaban J connectivity index is 1.47. The Hall–Kier alpha value is -1.67. The van der Waals surface area contributed by atoms with Gasteiger partial charge in [-0.05, 0) is 62.0 Å². The van der Waals surface area contributed by atoms with Gasteiger partial charge in [-0.25, -0.2) is 4.39 Å². The van der Waals surface area contributed by atoms with Gasteiger partial charge in [-0.15, -0.1) is 10.2 Å². The van der Waals surface area contributed by atoms with Gasteiger partial charge in [0, 0.05) is 24.7 Å². The fraction of sp³-hybridized carbons (Fsp3) is 0.500. The molecule has 5 nitrogen and oxygen atoms in total. The molecule has 140 valence electrons. The zero-order valence-corrected chi connectivity index (χ0v) is 16.5. The molecule has 0 saturated heterocycles. The molecule has 0 bridgehead atoms. The first-order chi connectivity index (χ1) is 12.7. The standard InChI is InChI=1S/C18H24FN5S2/c1-26-18-23-22-16(24(18)15-5-2-3-6-15)7-4-12-20-17(25)21-14-10-8-13(19)9-11-14/h8-11,15H,2-7,12H2,1H3,(H2,20,21,25). The van der Waals surface area contributed by atoms with Crippen LogP contribution in [-0.2, 0) is 6.42 Å². The highest BCUT2D eigenvalue weighted by molar-refractivity contribution is 7.98. The normalized spacial score (nSPS) is 14.5. The number of thioether (sulfide) groups is 1. The number of hydrogen-bond acceptors (Lipinski definition) is 4. The highest BCUT2D eigenvalue weighted by atomic mass is 32.2. The van der Waals surface area contributed by atoms with Crippen molar-refractivity contribution in [2.75, 3.05) is 18.1 Å². The van der Waals surface area contributed by atoms with E-state index in [2.05, 4.69) is 31.7 Å². The van der Waals surface area contributed by atoms with Crippen LogP contribution in [0.25, 0.3) is 0 Å². The van der Waals surface area contributed by atoms with E-state index in [9.17, 15) is 4.39 Å². The second-order valence-corrected chi connectivity index (χ2v) is 7.58. The summed E-state index contributed by atoms with van der Waals surface area (Å²) in [5, 5.41) is 16.6. The zero-order valence-electron chi connectivity index (χ0n) is 14.9. The van der Waals surface area contributed by atoms with Crippen molar-refractivity contribution in [3.05, 3.63) is 35.9 Å². The van der Waals surface area contributed by atoms with Crippen LogP contribution in [0.3, 0.4) is 0 Å². The fourth-order valence-corrected chi connectivity index (χ4v) is 4.10. The number of aryl methyl sites for hydroxylation is 1. The Bertz CT molecular complexity index is 726. The van der Waals surface area contributed by atoms with Crippen molar-refractivity contribution in [3.8, 4) is 0 Å². The van der Waals surface area contributed by atoms with Gasteiger partial charge in [0.1, 0.15) is 11.6 Å². The lowest BCUT2D eigenvalue weighted by Gasteiger charge is -2.16. The van der Waals surface area contributed by atoms with Crippen LogP contribution in [0.1, 0.15) is 44.0 Å². The quantitative estimate of drug-likeness (QED) is 0.418. The molecule has 2 aromatic rings. The molecule has 2 N–H and O–H groups in total. The van der Waals surface area contributed by atoms with Crippen molar-refractivity contribution in [3.63, 3.8) is 0 Å². The molecule has 0 spiro atoms. The Kier molecular flexibility index (Phi) is 6.85. The van der Waals surface area contributed by atoms with Crippen LogP contribution in [0, 0.1) is 5.82 Å². The summed E-state index contributed by atoms with van der Waals surface area (Å²) in [7, 11) is 0. The van der Waals surface area contributed by atoms with Crippen molar-refractivity contribution >= 4 is 34.8 Å². The maximum Gasteiger partial charge on any atom is 0.191 e. The molecule has 1 heterocycles. The lowest BCUT2D eigenvalue weighted by atomic mass is 10.2. The number of hydrogen-bond donors (Lipinski definition) is 2. The molecule has 0 radical (unpaired) electrons. The van der Waals surface area contributed by atoms with E-state index in [1.807, 2.05) is 0 Å². The van der Waals surface area contributed by atoms with Gasteiger partial charge < -0.3 is 15.2 Å². The molecule has 3 rings (SSSR count). The van der Waals surface area contributed by atoms with Crippen LogP contribution in [0.4, 0.5) is 10.1 Å². The van der Waals surface area contributed by atoms with Crippen LogP contribution in [0.15, 0.2) is 29.4 Å². The summed E-state index contributed by atoms with van der Waals surface area (Å²) in [5.74, 6) is 0.811. The molecule has 8 heteroatoms. The summed E-state index contributed by atoms with van der Waals surface area (Å²) in [6.07, 6.45) is 8.88. The van der Waals surface area contributed by atoms with Gasteiger partial charge in [-0.3, -0.25) is 0 Å². The van der Waals surface area contributed by atoms with Crippen LogP contribution in [0.2, 0.25) is 0 Å². The Labute approximate surface area is 163 Å². The van der Waals surface area contributed by atoms with E-state index in [0.717, 1.165) is 36.1 Å². The van der Waals surface area contributed by atoms with Gasteiger partial charge in [0.25, 0.3) is 0 Å². The maximum atomic E-state index is 12.9. The Morgan fingerprint density at radius 3 is 2.69 bits per heavy atom. The van der Waals surface area contributed by atoms with E-state index < -0.39 is 0 Å². The molecule has 0 atom stereocenters. The number of nitrogens with zero attached hydrogens (tertiary/aromatic N) is 3. The zero-order chi connectivity index (χ0) is 18.4. The van der Waals surface area contributed by atoms with E-state index in [1.165, 1.54) is 37.8 Å². The van der Waals surface area contributed by atoms with Gasteiger partial charge in [0.15, 0.2) is 10.3 Å². The first-order valence-electron chi connectivity index (χ1n) is 8.95. The maximum absolute atomic E-state index is 12.9. The topological polar surface area (TPSA) is 54.8 Å². The molecule has 1 aliphatic carbocycles. The van der Waals surface area contributed by atoms with Crippen LogP contribution >= 0.6 is 24.0 Å². The van der Waals surface area contributed by atoms with Gasteiger partial charge >= 0.3 is 0 Å². The summed E-state index contributed by atoms with van der Waals surface area (Å²) in [6, 6.07) is 6.69. The van der Waals surface area contributed by atoms with E-state index >= 15 is 0 Å². The molecule has 0 amide bonds. The van der Waals surface area contributed by atoms with Crippen molar-refractivity contribution in [2.24, 2.45) is 0 Å². The number of rotatable bonds is 7. The predicted molar refractivity (Wildman–Crippen MR) is 108 cm³/mol. The average Bonchev–Trinajstić information content (AvgIpc) is 3.29. The smallest absolute Gasteiger partial charge is 0.191 e. The first-order valence-corrected chi connectivity index (χ1v) is 10.6. The molecular formula is C18H24FN5S2. The van der Waals surface area contributed by atoms with Crippen molar-refractivity contribution in [2.45, 2.75) is 49.7 Å². The second kappa shape index (κ2) is 9.32. The molecule has 1 aromatic heterocycles. The Morgan fingerprint density at radius 2 is 2.00 bits per heavy atom. The highest BCUT2D eigenvalue weighted by Crippen LogP contribution is 2.33. The largest absolute Gasteiger partial charge is 0.362 e. The molecule has 26 heavy (non-hydrogen) atoms. The molecule has 0 aliphatic heterocycles. The summed E-state index contributed by atoms with van der Waals surface area (Å²) in [6.45, 7) is 0.749. The number of anilines is 1. The molecule has 1 fully saturated rings. The van der Waals surface area contributed by atoms with Gasteiger partial charge in [0.2, 0.25) is 0 Å². The van der Waals surface area contributed by atoms with Crippen molar-refractivity contribution in [1.29, 1.82) is 0 Å². The lowest BCUT2D eigenvalue weighted by molar-refractivity contribution is 0.460. The van der Waals surface area contributed by atoms with Crippen molar-refractivity contribution < 1.29 is 4.39 Å². The number of benzene rings is 1. The average molecular weight is 394 g/mol. The third-order valence-corrected chi connectivity index (χ3v) is 5.46. The summed E-state index contributed by atoms with van der Waals surface area (Å²) in [4.78, 5) is 0. The second-order valence-electron chi connectivity index (χ2n) is 6.40. The van der Waals surface area contributed by atoms with E-state index in [1.54, 1.807) is 23.9 Å². The first kappa shape index (κ1) is 19.1. The Morgan fingerprint density at radius 1 is 1.27 bits per heavy atom. The number of aromatic nitrogens is 3. The summed E-state index contributed by atoms with van der Waals surface area (Å²) in [5.41, 5.74) is 0.773. The van der Waals surface area contributed by atoms with Gasteiger partial charge in [-0.1, -0.05) is 24.6 Å². The predicted octanol–water partition coefficient (Wildman–Crippen LogP) is 4.17. The monoisotopic (exact) mass is 393 g/mol. The fourth-order valence-electron chi connectivity index (χ4n) is 3.30. The van der Waals surface area contributed by atoms with E-state index in [-0.39, 0.29) is 5.82 Å². The minimum absolute atomic E-state index is 0.259. The van der Waals surface area contributed by atoms with Gasteiger partial charge in [-0.2, -0.15) is 0 Å². The molecule has 1 aromatic carbocycles. The van der Waals surface area contributed by atoms with Crippen molar-refractivity contribution in [1.82, 2.24) is 20.1 Å². The number of nitrogens with one attached hydrogen (secondary N) is 2. The molecule has 1 saturated carbocycles. The SMILES string of the molecule is CSc1nnc(CCCNC(=S)Nc2ccc(F)cc2)n1C1CCCC1. The minimum Gasteiger partial charge on any atom is -0.362 e. The van der Waals surface area contributed by atoms with E-state index in [0.29, 0.717) is 11.2 Å². The third-order valence-electron chi connectivity index (χ3n) is 4.57. The molecular weight excluding hydrogens is 369 g/mol. The van der Waals surface area contributed by atoms with Crippen LogP contribution in [-0.4, -0.2) is 32.7 Å². The molecule has 1 aliphatic rings. The number of thiocarbonyl (C=S) groups is 1. The van der Waals surface area contributed by atoms with E-state index in [4.69, 9.17) is 12.2 Å². The third kappa shape index (κ3) is 4.94. The summed E-state index contributed by atoms with van der Waals surface area (Å²) < 4.78 is 15.3. The van der Waals surface area contributed by atoms with Gasteiger partial charge in [0.05, 0.1) is 0 Å². The minimum atomic E-state index is -0.259.